The van der Waals surface area contributed by atoms with Gasteiger partial charge in [-0.1, -0.05) is 42.5 Å². The molecule has 25 heavy (non-hydrogen) atoms. The summed E-state index contributed by atoms with van der Waals surface area (Å²) in [7, 11) is 3.55. The molecule has 0 radical (unpaired) electrons. The molecule has 1 aromatic heterocycles. The van der Waals surface area contributed by atoms with E-state index in [4.69, 9.17) is 4.74 Å². The highest BCUT2D eigenvalue weighted by atomic mass is 16.5. The van der Waals surface area contributed by atoms with Gasteiger partial charge in [0.25, 0.3) is 0 Å². The lowest BCUT2D eigenvalue weighted by atomic mass is 10.1. The number of methoxy groups -OCH3 is 1. The van der Waals surface area contributed by atoms with Crippen molar-refractivity contribution < 1.29 is 9.53 Å². The van der Waals surface area contributed by atoms with Gasteiger partial charge in [-0.2, -0.15) is 0 Å². The molecule has 0 unspecified atom stereocenters. The zero-order valence-corrected chi connectivity index (χ0v) is 14.3. The van der Waals surface area contributed by atoms with Crippen molar-refractivity contribution >= 4 is 5.91 Å². The summed E-state index contributed by atoms with van der Waals surface area (Å²) < 4.78 is 7.07. The van der Waals surface area contributed by atoms with E-state index in [-0.39, 0.29) is 11.9 Å². The lowest BCUT2D eigenvalue weighted by Gasteiger charge is -2.19. The van der Waals surface area contributed by atoms with Crippen LogP contribution in [0.2, 0.25) is 0 Å². The van der Waals surface area contributed by atoms with E-state index in [9.17, 15) is 4.79 Å². The fourth-order valence-corrected chi connectivity index (χ4v) is 2.74. The predicted octanol–water partition coefficient (Wildman–Crippen LogP) is 2.88. The third kappa shape index (κ3) is 4.07. The summed E-state index contributed by atoms with van der Waals surface area (Å²) in [6.07, 6.45) is 3.92. The first-order valence-electron chi connectivity index (χ1n) is 8.12. The van der Waals surface area contributed by atoms with E-state index in [0.717, 1.165) is 22.7 Å². The molecule has 1 amide bonds. The van der Waals surface area contributed by atoms with Crippen LogP contribution in [0.25, 0.3) is 0 Å². The summed E-state index contributed by atoms with van der Waals surface area (Å²) in [4.78, 5) is 17.0. The number of amides is 1. The van der Waals surface area contributed by atoms with Crippen LogP contribution in [0.5, 0.6) is 5.75 Å². The Balaban J connectivity index is 1.78. The molecule has 0 aliphatic rings. The molecule has 5 heteroatoms. The van der Waals surface area contributed by atoms with Crippen molar-refractivity contribution in [2.75, 3.05) is 7.11 Å². The van der Waals surface area contributed by atoms with Gasteiger partial charge in [-0.3, -0.25) is 4.79 Å². The Morgan fingerprint density at radius 1 is 1.16 bits per heavy atom. The molecular formula is C20H21N3O2. The van der Waals surface area contributed by atoms with Crippen LogP contribution in [-0.2, 0) is 18.3 Å². The fraction of sp³-hybridized carbons (Fsp3) is 0.200. The first kappa shape index (κ1) is 16.8. The van der Waals surface area contributed by atoms with Crippen molar-refractivity contribution in [1.29, 1.82) is 0 Å². The maximum atomic E-state index is 12.6. The molecular weight excluding hydrogens is 314 g/mol. The van der Waals surface area contributed by atoms with Crippen LogP contribution in [0, 0.1) is 0 Å². The smallest absolute Gasteiger partial charge is 0.225 e. The average Bonchev–Trinajstić information content (AvgIpc) is 3.07. The lowest BCUT2D eigenvalue weighted by Crippen LogP contribution is -2.32. The highest BCUT2D eigenvalue weighted by Gasteiger charge is 2.20. The summed E-state index contributed by atoms with van der Waals surface area (Å²) in [6, 6.07) is 17.1. The molecule has 0 saturated heterocycles. The molecule has 1 N–H and O–H groups in total. The molecule has 0 aliphatic carbocycles. The van der Waals surface area contributed by atoms with Gasteiger partial charge in [-0.05, 0) is 23.3 Å². The van der Waals surface area contributed by atoms with E-state index in [1.54, 1.807) is 13.3 Å². The molecule has 0 aliphatic heterocycles. The van der Waals surface area contributed by atoms with E-state index < -0.39 is 0 Å². The van der Waals surface area contributed by atoms with Crippen LogP contribution in [0.3, 0.4) is 0 Å². The van der Waals surface area contributed by atoms with Gasteiger partial charge in [0.05, 0.1) is 13.5 Å². The van der Waals surface area contributed by atoms with Crippen LogP contribution >= 0.6 is 0 Å². The van der Waals surface area contributed by atoms with Crippen molar-refractivity contribution in [3.8, 4) is 5.75 Å². The molecule has 0 spiro atoms. The fourth-order valence-electron chi connectivity index (χ4n) is 2.74. The number of imidazole rings is 1. The molecule has 0 saturated carbocycles. The van der Waals surface area contributed by atoms with E-state index in [2.05, 4.69) is 10.3 Å². The van der Waals surface area contributed by atoms with Gasteiger partial charge < -0.3 is 14.6 Å². The van der Waals surface area contributed by atoms with Crippen molar-refractivity contribution in [3.63, 3.8) is 0 Å². The van der Waals surface area contributed by atoms with Crippen molar-refractivity contribution in [2.24, 2.45) is 7.05 Å². The van der Waals surface area contributed by atoms with Gasteiger partial charge in [0, 0.05) is 19.4 Å². The first-order valence-corrected chi connectivity index (χ1v) is 8.12. The molecule has 1 heterocycles. The van der Waals surface area contributed by atoms with E-state index in [1.807, 2.05) is 72.4 Å². The van der Waals surface area contributed by atoms with Crippen molar-refractivity contribution in [3.05, 3.63) is 83.9 Å². The standard InChI is InChI=1S/C20H21N3O2/c1-23-13-12-21-20(23)19(16-6-4-3-5-7-16)22-18(24)14-15-8-10-17(25-2)11-9-15/h3-13,19H,14H2,1-2H3,(H,22,24)/t19-/m0/s1. The maximum absolute atomic E-state index is 12.6. The second-order valence-corrected chi connectivity index (χ2v) is 5.83. The highest BCUT2D eigenvalue weighted by Crippen LogP contribution is 2.20. The monoisotopic (exact) mass is 335 g/mol. The number of ether oxygens (including phenoxy) is 1. The highest BCUT2D eigenvalue weighted by molar-refractivity contribution is 5.79. The van der Waals surface area contributed by atoms with Crippen LogP contribution in [0.15, 0.2) is 67.0 Å². The number of benzene rings is 2. The Labute approximate surface area is 147 Å². The number of hydrogen-bond acceptors (Lipinski definition) is 3. The number of carbonyl (C=O) groups excluding carboxylic acids is 1. The number of carbonyl (C=O) groups is 1. The summed E-state index contributed by atoms with van der Waals surface area (Å²) in [5.41, 5.74) is 1.94. The zero-order chi connectivity index (χ0) is 17.6. The Bertz CT molecular complexity index is 826. The zero-order valence-electron chi connectivity index (χ0n) is 14.3. The first-order chi connectivity index (χ1) is 12.2. The Hall–Kier alpha value is -3.08. The normalized spacial score (nSPS) is 11.8. The van der Waals surface area contributed by atoms with Crippen LogP contribution in [0.1, 0.15) is 23.0 Å². The average molecular weight is 335 g/mol. The minimum absolute atomic E-state index is 0.0537. The molecule has 0 bridgehead atoms. The Kier molecular flexibility index (Phi) is 5.14. The summed E-state index contributed by atoms with van der Waals surface area (Å²) in [5.74, 6) is 1.52. The molecule has 128 valence electrons. The minimum atomic E-state index is -0.285. The largest absolute Gasteiger partial charge is 0.497 e. The number of hydrogen-bond donors (Lipinski definition) is 1. The van der Waals surface area contributed by atoms with Gasteiger partial charge in [0.15, 0.2) is 0 Å². The molecule has 2 aromatic carbocycles. The summed E-state index contributed by atoms with van der Waals surface area (Å²) in [5, 5.41) is 3.10. The molecule has 3 rings (SSSR count). The van der Waals surface area contributed by atoms with Crippen LogP contribution in [-0.4, -0.2) is 22.6 Å². The van der Waals surface area contributed by atoms with Crippen molar-refractivity contribution in [2.45, 2.75) is 12.5 Å². The Morgan fingerprint density at radius 3 is 2.48 bits per heavy atom. The quantitative estimate of drug-likeness (QED) is 0.753. The number of nitrogens with one attached hydrogen (secondary N) is 1. The second-order valence-electron chi connectivity index (χ2n) is 5.83. The van der Waals surface area contributed by atoms with Gasteiger partial charge in [-0.15, -0.1) is 0 Å². The van der Waals surface area contributed by atoms with Crippen LogP contribution < -0.4 is 10.1 Å². The number of nitrogens with zero attached hydrogens (tertiary/aromatic N) is 2. The van der Waals surface area contributed by atoms with Crippen LogP contribution in [0.4, 0.5) is 0 Å². The predicted molar refractivity (Wildman–Crippen MR) is 96.3 cm³/mol. The number of aromatic nitrogens is 2. The third-order valence-electron chi connectivity index (χ3n) is 4.08. The molecule has 5 nitrogen and oxygen atoms in total. The van der Waals surface area contributed by atoms with E-state index in [0.29, 0.717) is 6.42 Å². The maximum Gasteiger partial charge on any atom is 0.225 e. The van der Waals surface area contributed by atoms with Gasteiger partial charge in [0.1, 0.15) is 17.6 Å². The molecule has 1 atom stereocenters. The van der Waals surface area contributed by atoms with E-state index in [1.165, 1.54) is 0 Å². The van der Waals surface area contributed by atoms with Gasteiger partial charge in [-0.25, -0.2) is 4.98 Å². The van der Waals surface area contributed by atoms with Gasteiger partial charge in [0.2, 0.25) is 5.91 Å². The minimum Gasteiger partial charge on any atom is -0.497 e. The SMILES string of the molecule is COc1ccc(CC(=O)N[C@@H](c2ccccc2)c2nccn2C)cc1. The number of rotatable bonds is 6. The lowest BCUT2D eigenvalue weighted by molar-refractivity contribution is -0.121. The van der Waals surface area contributed by atoms with E-state index >= 15 is 0 Å². The molecule has 3 aromatic rings. The Morgan fingerprint density at radius 2 is 1.88 bits per heavy atom. The molecule has 0 fully saturated rings. The third-order valence-corrected chi connectivity index (χ3v) is 4.08. The topological polar surface area (TPSA) is 56.1 Å². The summed E-state index contributed by atoms with van der Waals surface area (Å²) >= 11 is 0. The van der Waals surface area contributed by atoms with Gasteiger partial charge >= 0.3 is 0 Å². The number of aryl methyl sites for hydroxylation is 1. The second kappa shape index (κ2) is 7.66. The van der Waals surface area contributed by atoms with Crippen molar-refractivity contribution in [1.82, 2.24) is 14.9 Å². The summed E-state index contributed by atoms with van der Waals surface area (Å²) in [6.45, 7) is 0.